The lowest BCUT2D eigenvalue weighted by Crippen LogP contribution is -2.02. The number of aryl methyl sites for hydroxylation is 1. The van der Waals surface area contributed by atoms with Crippen molar-refractivity contribution in [3.05, 3.63) is 69.9 Å². The summed E-state index contributed by atoms with van der Waals surface area (Å²) in [6, 6.07) is 11.6. The van der Waals surface area contributed by atoms with E-state index in [1.807, 2.05) is 42.5 Å². The van der Waals surface area contributed by atoms with E-state index in [2.05, 4.69) is 10.3 Å². The van der Waals surface area contributed by atoms with Crippen LogP contribution in [0.3, 0.4) is 0 Å². The van der Waals surface area contributed by atoms with E-state index in [0.29, 0.717) is 17.9 Å². The van der Waals surface area contributed by atoms with Gasteiger partial charge < -0.3 is 5.32 Å². The van der Waals surface area contributed by atoms with E-state index in [1.54, 1.807) is 13.0 Å². The lowest BCUT2D eigenvalue weighted by molar-refractivity contribution is -0.385. The number of rotatable bonds is 5. The summed E-state index contributed by atoms with van der Waals surface area (Å²) >= 11 is 0. The predicted octanol–water partition coefficient (Wildman–Crippen LogP) is 3.42. The first-order chi connectivity index (χ1) is 9.66. The van der Waals surface area contributed by atoms with E-state index >= 15 is 0 Å². The van der Waals surface area contributed by atoms with Crippen LogP contribution in [0.4, 0.5) is 11.5 Å². The third-order valence-corrected chi connectivity index (χ3v) is 2.79. The summed E-state index contributed by atoms with van der Waals surface area (Å²) in [5.41, 5.74) is 1.76. The van der Waals surface area contributed by atoms with Crippen LogP contribution in [0, 0.1) is 17.0 Å². The van der Waals surface area contributed by atoms with Crippen LogP contribution in [-0.4, -0.2) is 16.5 Å². The minimum Gasteiger partial charge on any atom is -0.367 e. The molecule has 0 radical (unpaired) electrons. The zero-order valence-electron chi connectivity index (χ0n) is 11.1. The first kappa shape index (κ1) is 13.7. The Morgan fingerprint density at radius 1 is 1.35 bits per heavy atom. The second-order valence-corrected chi connectivity index (χ2v) is 4.31. The minimum atomic E-state index is -0.429. The van der Waals surface area contributed by atoms with Crippen LogP contribution in [0.2, 0.25) is 0 Å². The van der Waals surface area contributed by atoms with Gasteiger partial charge in [0.1, 0.15) is 12.0 Å². The normalized spacial score (nSPS) is 10.7. The van der Waals surface area contributed by atoms with Crippen LogP contribution in [-0.2, 0) is 0 Å². The summed E-state index contributed by atoms with van der Waals surface area (Å²) in [6.07, 6.45) is 5.26. The Morgan fingerprint density at radius 2 is 2.10 bits per heavy atom. The van der Waals surface area contributed by atoms with Crippen molar-refractivity contribution >= 4 is 17.6 Å². The van der Waals surface area contributed by atoms with Gasteiger partial charge in [-0.2, -0.15) is 0 Å². The van der Waals surface area contributed by atoms with Gasteiger partial charge in [-0.3, -0.25) is 10.1 Å². The molecule has 0 aliphatic rings. The predicted molar refractivity (Wildman–Crippen MR) is 79.6 cm³/mol. The average Bonchev–Trinajstić information content (AvgIpc) is 2.44. The number of anilines is 1. The van der Waals surface area contributed by atoms with Crippen LogP contribution >= 0.6 is 0 Å². The van der Waals surface area contributed by atoms with Crippen LogP contribution in [0.5, 0.6) is 0 Å². The van der Waals surface area contributed by atoms with Crippen molar-refractivity contribution in [3.8, 4) is 0 Å². The monoisotopic (exact) mass is 269 g/mol. The number of nitrogens with one attached hydrogen (secondary N) is 1. The number of benzene rings is 1. The topological polar surface area (TPSA) is 68.1 Å². The molecule has 5 nitrogen and oxygen atoms in total. The lowest BCUT2D eigenvalue weighted by Gasteiger charge is -2.03. The first-order valence-corrected chi connectivity index (χ1v) is 6.23. The average molecular weight is 269 g/mol. The Bertz CT molecular complexity index is 624. The van der Waals surface area contributed by atoms with E-state index in [4.69, 9.17) is 0 Å². The molecule has 0 unspecified atom stereocenters. The van der Waals surface area contributed by atoms with Crippen molar-refractivity contribution in [2.45, 2.75) is 6.92 Å². The van der Waals surface area contributed by atoms with Crippen molar-refractivity contribution in [1.82, 2.24) is 4.98 Å². The molecule has 0 amide bonds. The highest BCUT2D eigenvalue weighted by atomic mass is 16.6. The summed E-state index contributed by atoms with van der Waals surface area (Å²) in [5.74, 6) is 0.630. The SMILES string of the molecule is Cc1cc(NC/C=C/c2ccccc2)ncc1[N+](=O)[O-]. The van der Waals surface area contributed by atoms with Crippen LogP contribution in [0.1, 0.15) is 11.1 Å². The van der Waals surface area contributed by atoms with E-state index in [9.17, 15) is 10.1 Å². The fourth-order valence-corrected chi connectivity index (χ4v) is 1.76. The number of aromatic nitrogens is 1. The lowest BCUT2D eigenvalue weighted by atomic mass is 10.2. The van der Waals surface area contributed by atoms with Gasteiger partial charge in [0.2, 0.25) is 0 Å². The molecule has 5 heteroatoms. The molecule has 0 aliphatic carbocycles. The molecule has 20 heavy (non-hydrogen) atoms. The maximum atomic E-state index is 10.7. The molecule has 0 atom stereocenters. The Balaban J connectivity index is 1.93. The fourth-order valence-electron chi connectivity index (χ4n) is 1.76. The van der Waals surface area contributed by atoms with Crippen molar-refractivity contribution in [3.63, 3.8) is 0 Å². The number of pyridine rings is 1. The van der Waals surface area contributed by atoms with Crippen LogP contribution in [0.15, 0.2) is 48.7 Å². The molecular weight excluding hydrogens is 254 g/mol. The maximum Gasteiger partial charge on any atom is 0.290 e. The van der Waals surface area contributed by atoms with Gasteiger partial charge in [-0.25, -0.2) is 4.98 Å². The zero-order chi connectivity index (χ0) is 14.4. The number of nitro groups is 1. The van der Waals surface area contributed by atoms with Crippen molar-refractivity contribution in [1.29, 1.82) is 0 Å². The van der Waals surface area contributed by atoms with Gasteiger partial charge in [-0.15, -0.1) is 0 Å². The van der Waals surface area contributed by atoms with Crippen LogP contribution in [0.25, 0.3) is 6.08 Å². The second-order valence-electron chi connectivity index (χ2n) is 4.31. The van der Waals surface area contributed by atoms with Crippen LogP contribution < -0.4 is 5.32 Å². The Labute approximate surface area is 117 Å². The Hall–Kier alpha value is -2.69. The fraction of sp³-hybridized carbons (Fsp3) is 0.133. The van der Waals surface area contributed by atoms with E-state index < -0.39 is 4.92 Å². The third kappa shape index (κ3) is 3.65. The number of hydrogen-bond acceptors (Lipinski definition) is 4. The molecule has 1 N–H and O–H groups in total. The molecule has 2 rings (SSSR count). The maximum absolute atomic E-state index is 10.7. The molecule has 0 saturated heterocycles. The van der Waals surface area contributed by atoms with Gasteiger partial charge in [-0.05, 0) is 18.6 Å². The molecule has 2 aromatic rings. The number of hydrogen-bond donors (Lipinski definition) is 1. The zero-order valence-corrected chi connectivity index (χ0v) is 11.1. The highest BCUT2D eigenvalue weighted by Crippen LogP contribution is 2.18. The van der Waals surface area contributed by atoms with Crippen molar-refractivity contribution in [2.24, 2.45) is 0 Å². The molecule has 0 bridgehead atoms. The molecule has 102 valence electrons. The van der Waals surface area contributed by atoms with Crippen molar-refractivity contribution < 1.29 is 4.92 Å². The molecule has 0 aliphatic heterocycles. The molecular formula is C15H15N3O2. The van der Waals surface area contributed by atoms with Gasteiger partial charge >= 0.3 is 0 Å². The smallest absolute Gasteiger partial charge is 0.290 e. The molecule has 1 aromatic carbocycles. The van der Waals surface area contributed by atoms with Gasteiger partial charge in [0.15, 0.2) is 0 Å². The van der Waals surface area contributed by atoms with Gasteiger partial charge in [0.05, 0.1) is 4.92 Å². The van der Waals surface area contributed by atoms with E-state index in [1.165, 1.54) is 6.20 Å². The minimum absolute atomic E-state index is 0.0374. The molecule has 0 saturated carbocycles. The molecule has 1 aromatic heterocycles. The largest absolute Gasteiger partial charge is 0.367 e. The van der Waals surface area contributed by atoms with Gasteiger partial charge in [0, 0.05) is 12.1 Å². The molecule has 0 spiro atoms. The molecule has 1 heterocycles. The van der Waals surface area contributed by atoms with E-state index in [-0.39, 0.29) is 5.69 Å². The number of nitrogens with zero attached hydrogens (tertiary/aromatic N) is 2. The summed E-state index contributed by atoms with van der Waals surface area (Å²) in [5, 5.41) is 13.8. The van der Waals surface area contributed by atoms with Gasteiger partial charge in [-0.1, -0.05) is 42.5 Å². The summed E-state index contributed by atoms with van der Waals surface area (Å²) in [4.78, 5) is 14.3. The summed E-state index contributed by atoms with van der Waals surface area (Å²) < 4.78 is 0. The highest BCUT2D eigenvalue weighted by molar-refractivity contribution is 5.51. The summed E-state index contributed by atoms with van der Waals surface area (Å²) in [6.45, 7) is 2.31. The first-order valence-electron chi connectivity index (χ1n) is 6.23. The Kier molecular flexibility index (Phi) is 4.44. The van der Waals surface area contributed by atoms with Gasteiger partial charge in [0.25, 0.3) is 5.69 Å². The summed E-state index contributed by atoms with van der Waals surface area (Å²) in [7, 11) is 0. The second kappa shape index (κ2) is 6.47. The molecule has 0 fully saturated rings. The third-order valence-electron chi connectivity index (χ3n) is 2.79. The van der Waals surface area contributed by atoms with Crippen molar-refractivity contribution in [2.75, 3.05) is 11.9 Å². The Morgan fingerprint density at radius 3 is 2.75 bits per heavy atom. The van der Waals surface area contributed by atoms with E-state index in [0.717, 1.165) is 5.56 Å². The quantitative estimate of drug-likeness (QED) is 0.667. The standard InChI is InChI=1S/C15H15N3O2/c1-12-10-15(17-11-14(12)18(19)20)16-9-5-8-13-6-3-2-4-7-13/h2-8,10-11H,9H2,1H3,(H,16,17)/b8-5+. The highest BCUT2D eigenvalue weighted by Gasteiger charge is 2.10.